The van der Waals surface area contributed by atoms with Gasteiger partial charge in [-0.3, -0.25) is 14.9 Å². The minimum Gasteiger partial charge on any atom is -0.497 e. The van der Waals surface area contributed by atoms with Crippen LogP contribution in [0, 0.1) is 0 Å². The highest BCUT2D eigenvalue weighted by molar-refractivity contribution is 6.58. The second-order valence-electron chi connectivity index (χ2n) is 14.2. The SMILES string of the molecule is COc1ccc(COC(=O)CC[C@H](NC(=O)c2ccc(N(C)Cc3cnc4nc(N)nc(NC(=O)OCc5ccc(B(O)O)cc5)c4n3)cc2)C(=O)OCc2ccc(OC)cc2)cc1. The first-order chi connectivity index (χ1) is 30.9. The van der Waals surface area contributed by atoms with Crippen molar-refractivity contribution in [3.63, 3.8) is 0 Å². The molecule has 6 N–H and O–H groups in total. The number of amides is 2. The molecule has 0 saturated carbocycles. The minimum absolute atomic E-state index is 0.0208. The lowest BCUT2D eigenvalue weighted by Crippen LogP contribution is -2.42. The average molecular weight is 873 g/mol. The van der Waals surface area contributed by atoms with Gasteiger partial charge in [-0.1, -0.05) is 48.5 Å². The zero-order valence-electron chi connectivity index (χ0n) is 35.1. The normalized spacial score (nSPS) is 11.2. The van der Waals surface area contributed by atoms with Crippen LogP contribution < -0.4 is 36.2 Å². The van der Waals surface area contributed by atoms with Crippen LogP contribution in [0.25, 0.3) is 11.2 Å². The van der Waals surface area contributed by atoms with E-state index in [4.69, 9.17) is 29.4 Å². The standard InChI is InChI=1S/C44H45BN8O11/c1-53(23-32-22-47-39-38(48-32)40(51-43(46)50-39)52-44(57)64-26-27-4-12-31(13-5-27)45(58)59)33-14-10-30(11-15-33)41(55)49-36(42(56)63-25-29-8-18-35(61-3)19-9-29)20-21-37(54)62-24-28-6-16-34(60-2)17-7-28/h4-19,22,36,58-59H,20-21,23-26H2,1-3H3,(H,49,55)(H3,46,47,50,51,52,57)/t36-/m0/s1. The van der Waals surface area contributed by atoms with Crippen LogP contribution >= 0.6 is 0 Å². The van der Waals surface area contributed by atoms with Crippen LogP contribution in [0.1, 0.15) is 45.6 Å². The maximum Gasteiger partial charge on any atom is 0.488 e. The molecule has 0 unspecified atom stereocenters. The van der Waals surface area contributed by atoms with Crippen molar-refractivity contribution in [3.05, 3.63) is 131 Å². The first kappa shape index (κ1) is 45.7. The second-order valence-corrected chi connectivity index (χ2v) is 14.2. The second kappa shape index (κ2) is 21.8. The van der Waals surface area contributed by atoms with E-state index in [9.17, 15) is 29.2 Å². The highest BCUT2D eigenvalue weighted by Crippen LogP contribution is 2.22. The van der Waals surface area contributed by atoms with Gasteiger partial charge in [0.2, 0.25) is 5.95 Å². The largest absolute Gasteiger partial charge is 0.497 e. The summed E-state index contributed by atoms with van der Waals surface area (Å²) in [4.78, 5) is 71.4. The monoisotopic (exact) mass is 872 g/mol. The summed E-state index contributed by atoms with van der Waals surface area (Å²) in [5.74, 6) is -0.717. The number of nitrogens with two attached hydrogens (primary N) is 1. The van der Waals surface area contributed by atoms with Gasteiger partial charge in [-0.2, -0.15) is 9.97 Å². The molecule has 6 aromatic rings. The van der Waals surface area contributed by atoms with Gasteiger partial charge in [-0.25, -0.2) is 19.6 Å². The van der Waals surface area contributed by atoms with E-state index < -0.39 is 37.1 Å². The Hall–Kier alpha value is -7.84. The number of hydrogen-bond acceptors (Lipinski definition) is 17. The molecule has 0 radical (unpaired) electrons. The molecule has 1 atom stereocenters. The van der Waals surface area contributed by atoms with Crippen LogP contribution in [0.4, 0.5) is 22.2 Å². The summed E-state index contributed by atoms with van der Waals surface area (Å²) in [6.45, 7) is 0.0716. The van der Waals surface area contributed by atoms with Gasteiger partial charge in [-0.15, -0.1) is 0 Å². The summed E-state index contributed by atoms with van der Waals surface area (Å²) >= 11 is 0. The molecular weight excluding hydrogens is 827 g/mol. The van der Waals surface area contributed by atoms with E-state index in [0.717, 1.165) is 5.56 Å². The highest BCUT2D eigenvalue weighted by Gasteiger charge is 2.25. The first-order valence-electron chi connectivity index (χ1n) is 19.8. The number of carbonyl (C=O) groups excluding carboxylic acids is 4. The maximum atomic E-state index is 13.5. The average Bonchev–Trinajstić information content (AvgIpc) is 3.31. The molecule has 0 aliphatic carbocycles. The number of aromatic nitrogens is 4. The molecule has 2 amide bonds. The number of carbonyl (C=O) groups is 4. The van der Waals surface area contributed by atoms with Crippen LogP contribution in [0.5, 0.6) is 11.5 Å². The van der Waals surface area contributed by atoms with E-state index in [1.807, 2.05) is 4.90 Å². The van der Waals surface area contributed by atoms with Crippen LogP contribution in [0.2, 0.25) is 0 Å². The quantitative estimate of drug-likeness (QED) is 0.0444. The molecule has 0 aliphatic rings. The molecule has 2 heterocycles. The van der Waals surface area contributed by atoms with Gasteiger partial charge in [0, 0.05) is 24.7 Å². The van der Waals surface area contributed by atoms with E-state index in [1.165, 1.54) is 18.3 Å². The Morgan fingerprint density at radius 1 is 0.750 bits per heavy atom. The lowest BCUT2D eigenvalue weighted by molar-refractivity contribution is -0.148. The molecule has 20 heteroatoms. The van der Waals surface area contributed by atoms with Gasteiger partial charge in [-0.05, 0) is 77.1 Å². The van der Waals surface area contributed by atoms with Crippen molar-refractivity contribution in [1.82, 2.24) is 25.3 Å². The summed E-state index contributed by atoms with van der Waals surface area (Å²) in [6.07, 6.45) is 0.408. The summed E-state index contributed by atoms with van der Waals surface area (Å²) in [5, 5.41) is 23.8. The predicted molar refractivity (Wildman–Crippen MR) is 234 cm³/mol. The van der Waals surface area contributed by atoms with Crippen molar-refractivity contribution >= 4 is 65.1 Å². The van der Waals surface area contributed by atoms with Crippen LogP contribution in [-0.4, -0.2) is 88.4 Å². The topological polar surface area (TPSA) is 260 Å². The van der Waals surface area contributed by atoms with Gasteiger partial charge in [0.25, 0.3) is 5.91 Å². The van der Waals surface area contributed by atoms with Crippen molar-refractivity contribution in [2.24, 2.45) is 0 Å². The van der Waals surface area contributed by atoms with Crippen molar-refractivity contribution in [2.45, 2.75) is 45.2 Å². The van der Waals surface area contributed by atoms with Gasteiger partial charge in [0.05, 0.1) is 32.7 Å². The molecule has 0 saturated heterocycles. The zero-order chi connectivity index (χ0) is 45.6. The molecule has 0 bridgehead atoms. The van der Waals surface area contributed by atoms with Crippen molar-refractivity contribution in [2.75, 3.05) is 37.2 Å². The number of methoxy groups -OCH3 is 2. The Bertz CT molecular complexity index is 2550. The third-order valence-electron chi connectivity index (χ3n) is 9.64. The molecule has 0 fully saturated rings. The van der Waals surface area contributed by atoms with Crippen LogP contribution in [-0.2, 0) is 50.2 Å². The Morgan fingerprint density at radius 2 is 1.33 bits per heavy atom. The fraction of sp³-hybridized carbons (Fsp3) is 0.227. The van der Waals surface area contributed by atoms with Gasteiger partial charge >= 0.3 is 25.2 Å². The fourth-order valence-electron chi connectivity index (χ4n) is 6.08. The van der Waals surface area contributed by atoms with E-state index in [1.54, 1.807) is 106 Å². The number of nitrogens with one attached hydrogen (secondary N) is 2. The van der Waals surface area contributed by atoms with Gasteiger partial charge in [0.1, 0.15) is 37.4 Å². The predicted octanol–water partition coefficient (Wildman–Crippen LogP) is 3.45. The smallest absolute Gasteiger partial charge is 0.488 e. The molecule has 6 rings (SSSR count). The number of fused-ring (bicyclic) bond motifs is 1. The third-order valence-corrected chi connectivity index (χ3v) is 9.64. The van der Waals surface area contributed by atoms with E-state index >= 15 is 0 Å². The highest BCUT2D eigenvalue weighted by atomic mass is 16.6. The Balaban J connectivity index is 1.07. The lowest BCUT2D eigenvalue weighted by Gasteiger charge is -2.20. The Labute approximate surface area is 367 Å². The van der Waals surface area contributed by atoms with Gasteiger partial charge < -0.3 is 49.7 Å². The number of anilines is 3. The number of rotatable bonds is 19. The van der Waals surface area contributed by atoms with Crippen LogP contribution in [0.15, 0.2) is 103 Å². The number of nitrogen functional groups attached to an aromatic ring is 1. The summed E-state index contributed by atoms with van der Waals surface area (Å²) < 4.78 is 26.6. The van der Waals surface area contributed by atoms with Crippen molar-refractivity contribution < 1.29 is 52.9 Å². The first-order valence-corrected chi connectivity index (χ1v) is 19.8. The van der Waals surface area contributed by atoms with E-state index in [2.05, 4.69) is 30.6 Å². The van der Waals surface area contributed by atoms with Gasteiger partial charge in [0.15, 0.2) is 17.0 Å². The molecule has 330 valence electrons. The maximum absolute atomic E-state index is 13.5. The minimum atomic E-state index is -1.62. The number of benzene rings is 4. The molecule has 2 aromatic heterocycles. The summed E-state index contributed by atoms with van der Waals surface area (Å²) in [7, 11) is 3.28. The number of hydrogen-bond donors (Lipinski definition) is 5. The Morgan fingerprint density at radius 3 is 1.92 bits per heavy atom. The molecule has 0 aliphatic heterocycles. The molecular formula is C44H45BN8O11. The Kier molecular flexibility index (Phi) is 15.6. The molecule has 19 nitrogen and oxygen atoms in total. The molecule has 0 spiro atoms. The number of nitrogens with zero attached hydrogens (tertiary/aromatic N) is 5. The summed E-state index contributed by atoms with van der Waals surface area (Å²) in [5.41, 5.74) is 9.94. The lowest BCUT2D eigenvalue weighted by atomic mass is 9.80. The third kappa shape index (κ3) is 12.8. The summed E-state index contributed by atoms with van der Waals surface area (Å²) in [6, 6.07) is 25.6. The van der Waals surface area contributed by atoms with Crippen molar-refractivity contribution in [3.8, 4) is 11.5 Å². The molecule has 64 heavy (non-hydrogen) atoms. The van der Waals surface area contributed by atoms with E-state index in [-0.39, 0.29) is 67.7 Å². The van der Waals surface area contributed by atoms with E-state index in [0.29, 0.717) is 39.5 Å². The van der Waals surface area contributed by atoms with Crippen molar-refractivity contribution in [1.29, 1.82) is 0 Å². The zero-order valence-corrected chi connectivity index (χ0v) is 35.1. The number of ether oxygens (including phenoxy) is 5. The molecule has 4 aromatic carbocycles. The fourth-order valence-corrected chi connectivity index (χ4v) is 6.08. The number of esters is 2. The van der Waals surface area contributed by atoms with Crippen LogP contribution in [0.3, 0.4) is 0 Å².